The normalized spacial score (nSPS) is 11.3. The van der Waals surface area contributed by atoms with E-state index in [9.17, 15) is 14.9 Å². The Labute approximate surface area is 188 Å². The smallest absolute Gasteiger partial charge is 0.280 e. The monoisotopic (exact) mass is 448 g/mol. The van der Waals surface area contributed by atoms with Gasteiger partial charge in [0, 0.05) is 34.8 Å². The molecule has 0 atom stereocenters. The van der Waals surface area contributed by atoms with Gasteiger partial charge in [-0.25, -0.2) is 9.97 Å². The average Bonchev–Trinajstić information content (AvgIpc) is 3.43. The standard InChI is InChI=1S/C23H20N4O4S/c1-23(2,3)16-8-4-15(5-9-16)21-25-18(20(28)26-22-24-12-13-32-22)19(31-21)14-6-10-17(11-7-14)27(29)30/h4-13H,1-3H3,(H,24,26,28). The molecule has 0 aliphatic carbocycles. The van der Waals surface area contributed by atoms with Crippen LogP contribution in [0.15, 0.2) is 64.5 Å². The Hall–Kier alpha value is -3.85. The summed E-state index contributed by atoms with van der Waals surface area (Å²) in [7, 11) is 0. The Bertz CT molecular complexity index is 1260. The molecule has 0 aliphatic heterocycles. The van der Waals surface area contributed by atoms with Crippen LogP contribution in [0.3, 0.4) is 0 Å². The van der Waals surface area contributed by atoms with Crippen molar-refractivity contribution in [2.45, 2.75) is 26.2 Å². The maximum Gasteiger partial charge on any atom is 0.280 e. The lowest BCUT2D eigenvalue weighted by Crippen LogP contribution is -2.13. The van der Waals surface area contributed by atoms with E-state index >= 15 is 0 Å². The number of thiazole rings is 1. The molecule has 0 bridgehead atoms. The second-order valence-electron chi connectivity index (χ2n) is 8.12. The molecule has 1 N–H and O–H groups in total. The molecule has 0 saturated heterocycles. The van der Waals surface area contributed by atoms with Crippen molar-refractivity contribution in [2.24, 2.45) is 0 Å². The lowest BCUT2D eigenvalue weighted by Gasteiger charge is -2.18. The van der Waals surface area contributed by atoms with Crippen molar-refractivity contribution in [3.05, 3.63) is 81.5 Å². The number of hydrogen-bond donors (Lipinski definition) is 1. The number of anilines is 1. The van der Waals surface area contributed by atoms with Gasteiger partial charge in [-0.15, -0.1) is 11.3 Å². The van der Waals surface area contributed by atoms with Gasteiger partial charge in [-0.2, -0.15) is 0 Å². The third-order valence-corrected chi connectivity index (χ3v) is 5.52. The number of carbonyl (C=O) groups is 1. The highest BCUT2D eigenvalue weighted by Gasteiger charge is 2.24. The molecule has 0 saturated carbocycles. The molecule has 9 heteroatoms. The van der Waals surface area contributed by atoms with Gasteiger partial charge in [-0.3, -0.25) is 20.2 Å². The fraction of sp³-hybridized carbons (Fsp3) is 0.174. The summed E-state index contributed by atoms with van der Waals surface area (Å²) in [6.45, 7) is 6.38. The predicted molar refractivity (Wildman–Crippen MR) is 123 cm³/mol. The molecule has 0 spiro atoms. The van der Waals surface area contributed by atoms with Gasteiger partial charge in [0.2, 0.25) is 5.89 Å². The molecular formula is C23H20N4O4S. The lowest BCUT2D eigenvalue weighted by atomic mass is 9.87. The maximum atomic E-state index is 12.9. The maximum absolute atomic E-state index is 12.9. The molecule has 32 heavy (non-hydrogen) atoms. The minimum Gasteiger partial charge on any atom is -0.435 e. The third kappa shape index (κ3) is 4.42. The van der Waals surface area contributed by atoms with Crippen LogP contribution >= 0.6 is 11.3 Å². The van der Waals surface area contributed by atoms with Crippen LogP contribution in [-0.4, -0.2) is 20.8 Å². The minimum absolute atomic E-state index is 0.00219. The number of amides is 1. The molecule has 162 valence electrons. The molecule has 2 aromatic carbocycles. The quantitative estimate of drug-likeness (QED) is 0.299. The first kappa shape index (κ1) is 21.4. The van der Waals surface area contributed by atoms with Crippen molar-refractivity contribution < 1.29 is 14.1 Å². The van der Waals surface area contributed by atoms with Gasteiger partial charge < -0.3 is 4.42 Å². The van der Waals surface area contributed by atoms with Crippen molar-refractivity contribution in [3.8, 4) is 22.8 Å². The Morgan fingerprint density at radius 3 is 2.28 bits per heavy atom. The molecule has 4 rings (SSSR count). The summed E-state index contributed by atoms with van der Waals surface area (Å²) in [6.07, 6.45) is 1.59. The number of aromatic nitrogens is 2. The van der Waals surface area contributed by atoms with E-state index in [0.717, 1.165) is 11.1 Å². The summed E-state index contributed by atoms with van der Waals surface area (Å²) in [4.78, 5) is 32.0. The largest absolute Gasteiger partial charge is 0.435 e. The van der Waals surface area contributed by atoms with Gasteiger partial charge in [0.15, 0.2) is 16.6 Å². The van der Waals surface area contributed by atoms with E-state index in [2.05, 4.69) is 36.1 Å². The zero-order valence-electron chi connectivity index (χ0n) is 17.7. The van der Waals surface area contributed by atoms with E-state index in [1.807, 2.05) is 24.3 Å². The topological polar surface area (TPSA) is 111 Å². The van der Waals surface area contributed by atoms with Crippen molar-refractivity contribution in [1.29, 1.82) is 0 Å². The number of oxazole rings is 1. The summed E-state index contributed by atoms with van der Waals surface area (Å²) in [5.41, 5.74) is 2.39. The number of nitrogens with zero attached hydrogens (tertiary/aromatic N) is 3. The van der Waals surface area contributed by atoms with Gasteiger partial charge >= 0.3 is 0 Å². The first-order valence-electron chi connectivity index (χ1n) is 9.80. The Kier molecular flexibility index (Phi) is 5.58. The number of rotatable bonds is 5. The molecular weight excluding hydrogens is 428 g/mol. The van der Waals surface area contributed by atoms with Gasteiger partial charge in [-0.1, -0.05) is 32.9 Å². The Morgan fingerprint density at radius 1 is 1.06 bits per heavy atom. The second-order valence-corrected chi connectivity index (χ2v) is 9.01. The molecule has 2 heterocycles. The predicted octanol–water partition coefficient (Wildman–Crippen LogP) is 5.92. The zero-order valence-corrected chi connectivity index (χ0v) is 18.5. The van der Waals surface area contributed by atoms with E-state index in [1.54, 1.807) is 11.6 Å². The van der Waals surface area contributed by atoms with Gasteiger partial charge in [0.05, 0.1) is 4.92 Å². The summed E-state index contributed by atoms with van der Waals surface area (Å²) in [6, 6.07) is 13.6. The minimum atomic E-state index is -0.484. The highest BCUT2D eigenvalue weighted by Crippen LogP contribution is 2.32. The Morgan fingerprint density at radius 2 is 1.72 bits per heavy atom. The van der Waals surface area contributed by atoms with Crippen molar-refractivity contribution >= 4 is 28.1 Å². The third-order valence-electron chi connectivity index (χ3n) is 4.83. The van der Waals surface area contributed by atoms with Gasteiger partial charge in [-0.05, 0) is 35.2 Å². The molecule has 8 nitrogen and oxygen atoms in total. The van der Waals surface area contributed by atoms with Crippen LogP contribution in [0.4, 0.5) is 10.8 Å². The Balaban J connectivity index is 1.75. The average molecular weight is 449 g/mol. The molecule has 0 fully saturated rings. The van der Waals surface area contributed by atoms with E-state index in [4.69, 9.17) is 4.42 Å². The number of nitrogens with one attached hydrogen (secondary N) is 1. The summed E-state index contributed by atoms with van der Waals surface area (Å²) >= 11 is 1.28. The SMILES string of the molecule is CC(C)(C)c1ccc(-c2nc(C(=O)Nc3nccs3)c(-c3ccc([N+](=O)[O-])cc3)o2)cc1. The number of nitro benzene ring substituents is 1. The van der Waals surface area contributed by atoms with E-state index in [-0.39, 0.29) is 28.4 Å². The summed E-state index contributed by atoms with van der Waals surface area (Å²) < 4.78 is 5.99. The van der Waals surface area contributed by atoms with Crippen molar-refractivity contribution in [2.75, 3.05) is 5.32 Å². The van der Waals surface area contributed by atoms with Crippen molar-refractivity contribution in [3.63, 3.8) is 0 Å². The zero-order chi connectivity index (χ0) is 22.9. The number of carbonyl (C=O) groups excluding carboxylic acids is 1. The fourth-order valence-corrected chi connectivity index (χ4v) is 3.61. The van der Waals surface area contributed by atoms with Crippen LogP contribution in [0.5, 0.6) is 0 Å². The molecule has 1 amide bonds. The number of hydrogen-bond acceptors (Lipinski definition) is 7. The molecule has 0 unspecified atom stereocenters. The lowest BCUT2D eigenvalue weighted by molar-refractivity contribution is -0.384. The second kappa shape index (κ2) is 8.35. The molecule has 2 aromatic heterocycles. The molecule has 0 radical (unpaired) electrons. The molecule has 4 aromatic rings. The summed E-state index contributed by atoms with van der Waals surface area (Å²) in [5, 5.41) is 15.9. The first-order chi connectivity index (χ1) is 15.2. The number of nitro groups is 1. The fourth-order valence-electron chi connectivity index (χ4n) is 3.08. The van der Waals surface area contributed by atoms with Crippen LogP contribution in [0.2, 0.25) is 0 Å². The van der Waals surface area contributed by atoms with Crippen LogP contribution in [-0.2, 0) is 5.41 Å². The van der Waals surface area contributed by atoms with E-state index < -0.39 is 10.8 Å². The highest BCUT2D eigenvalue weighted by atomic mass is 32.1. The van der Waals surface area contributed by atoms with Crippen LogP contribution < -0.4 is 5.32 Å². The van der Waals surface area contributed by atoms with E-state index in [1.165, 1.54) is 35.6 Å². The number of benzene rings is 2. The summed E-state index contributed by atoms with van der Waals surface area (Å²) in [5.74, 6) is 0.0292. The highest BCUT2D eigenvalue weighted by molar-refractivity contribution is 7.13. The molecule has 0 aliphatic rings. The number of non-ortho nitro benzene ring substituents is 1. The van der Waals surface area contributed by atoms with Crippen molar-refractivity contribution in [1.82, 2.24) is 9.97 Å². The van der Waals surface area contributed by atoms with Crippen LogP contribution in [0, 0.1) is 10.1 Å². The first-order valence-corrected chi connectivity index (χ1v) is 10.7. The van der Waals surface area contributed by atoms with E-state index in [0.29, 0.717) is 10.7 Å². The van der Waals surface area contributed by atoms with Crippen LogP contribution in [0.25, 0.3) is 22.8 Å². The van der Waals surface area contributed by atoms with Gasteiger partial charge in [0.25, 0.3) is 11.6 Å². The van der Waals surface area contributed by atoms with Gasteiger partial charge in [0.1, 0.15) is 0 Å². The van der Waals surface area contributed by atoms with Crippen LogP contribution in [0.1, 0.15) is 36.8 Å².